The molecule has 2 amide bonds. The van der Waals surface area contributed by atoms with E-state index in [0.717, 1.165) is 61.7 Å². The van der Waals surface area contributed by atoms with E-state index in [0.29, 0.717) is 29.3 Å². The minimum absolute atomic E-state index is 0.0987. The molecule has 0 aromatic rings. The monoisotopic (exact) mass is 397 g/mol. The summed E-state index contributed by atoms with van der Waals surface area (Å²) in [7, 11) is 1.94. The zero-order valence-corrected chi connectivity index (χ0v) is 17.0. The minimum atomic E-state index is 0.0987. The number of piperidine rings is 1. The molecule has 26 heavy (non-hydrogen) atoms. The molecule has 4 nitrogen and oxygen atoms in total. The number of halogens is 2. The standard InChI is InChI=1S/C20H29Cl2N3O/c1-25(18-3-6-23-7-4-18)19(26)24-17-2-5-20(12-14(20)10-17)13-8-15(21)11-16(22)9-13/h8,11,13-14,17-18,23H,2-7,9-10,12H2,1H3,(H,24,26)/t13?,14?,17-,20-/m0/s1. The highest BCUT2D eigenvalue weighted by Gasteiger charge is 2.60. The lowest BCUT2D eigenvalue weighted by atomic mass is 9.74. The van der Waals surface area contributed by atoms with Crippen LogP contribution in [0.15, 0.2) is 22.2 Å². The van der Waals surface area contributed by atoms with Gasteiger partial charge in [-0.05, 0) is 81.4 Å². The first-order chi connectivity index (χ1) is 12.5. The second kappa shape index (κ2) is 7.37. The number of nitrogens with zero attached hydrogens (tertiary/aromatic N) is 1. The molecule has 4 rings (SSSR count). The zero-order chi connectivity index (χ0) is 18.3. The van der Waals surface area contributed by atoms with Gasteiger partial charge in [0, 0.05) is 29.2 Å². The number of hydrogen-bond donors (Lipinski definition) is 2. The Kier molecular flexibility index (Phi) is 5.28. The third-order valence-corrected chi connectivity index (χ3v) is 7.62. The van der Waals surface area contributed by atoms with Crippen LogP contribution >= 0.6 is 23.2 Å². The minimum Gasteiger partial charge on any atom is -0.335 e. The van der Waals surface area contributed by atoms with E-state index in [1.807, 2.05) is 18.0 Å². The number of hydrogen-bond acceptors (Lipinski definition) is 2. The van der Waals surface area contributed by atoms with Gasteiger partial charge < -0.3 is 15.5 Å². The van der Waals surface area contributed by atoms with Gasteiger partial charge in [-0.25, -0.2) is 4.79 Å². The van der Waals surface area contributed by atoms with Crippen molar-refractivity contribution < 1.29 is 4.79 Å². The summed E-state index contributed by atoms with van der Waals surface area (Å²) >= 11 is 12.5. The summed E-state index contributed by atoms with van der Waals surface area (Å²) in [5, 5.41) is 8.31. The Balaban J connectivity index is 1.30. The van der Waals surface area contributed by atoms with Crippen molar-refractivity contribution in [2.24, 2.45) is 17.3 Å². The first kappa shape index (κ1) is 18.6. The van der Waals surface area contributed by atoms with Gasteiger partial charge in [-0.15, -0.1) is 0 Å². The van der Waals surface area contributed by atoms with Crippen LogP contribution in [0.2, 0.25) is 0 Å². The van der Waals surface area contributed by atoms with E-state index in [2.05, 4.69) is 16.7 Å². The van der Waals surface area contributed by atoms with Crippen molar-refractivity contribution in [2.45, 2.75) is 57.0 Å². The summed E-state index contributed by atoms with van der Waals surface area (Å²) in [6.07, 6.45) is 11.7. The third-order valence-electron chi connectivity index (χ3n) is 7.12. The maximum atomic E-state index is 12.6. The summed E-state index contributed by atoms with van der Waals surface area (Å²) in [5.74, 6) is 1.16. The quantitative estimate of drug-likeness (QED) is 0.748. The lowest BCUT2D eigenvalue weighted by molar-refractivity contribution is 0.163. The Morgan fingerprint density at radius 2 is 2.08 bits per heavy atom. The lowest BCUT2D eigenvalue weighted by Gasteiger charge is -2.36. The van der Waals surface area contributed by atoms with Gasteiger partial charge in [0.1, 0.15) is 0 Å². The van der Waals surface area contributed by atoms with Crippen molar-refractivity contribution in [3.63, 3.8) is 0 Å². The Morgan fingerprint density at radius 3 is 2.77 bits per heavy atom. The molecule has 0 bridgehead atoms. The lowest BCUT2D eigenvalue weighted by Crippen LogP contribution is -2.51. The Morgan fingerprint density at radius 1 is 1.31 bits per heavy atom. The van der Waals surface area contributed by atoms with E-state index in [1.165, 1.54) is 6.42 Å². The van der Waals surface area contributed by atoms with Crippen LogP contribution in [0.1, 0.15) is 44.9 Å². The molecule has 1 aliphatic heterocycles. The van der Waals surface area contributed by atoms with Crippen molar-refractivity contribution in [1.29, 1.82) is 0 Å². The topological polar surface area (TPSA) is 44.4 Å². The first-order valence-electron chi connectivity index (χ1n) is 9.95. The molecule has 0 radical (unpaired) electrons. The zero-order valence-electron chi connectivity index (χ0n) is 15.4. The number of rotatable bonds is 3. The molecule has 0 aromatic heterocycles. The second-order valence-corrected chi connectivity index (χ2v) is 9.52. The molecule has 3 aliphatic carbocycles. The average molecular weight is 398 g/mol. The van der Waals surface area contributed by atoms with Crippen LogP contribution in [0.25, 0.3) is 0 Å². The van der Waals surface area contributed by atoms with Gasteiger partial charge in [-0.2, -0.15) is 0 Å². The Labute approximate surface area is 166 Å². The third kappa shape index (κ3) is 3.65. The van der Waals surface area contributed by atoms with Crippen LogP contribution in [0.4, 0.5) is 4.79 Å². The number of fused-ring (bicyclic) bond motifs is 1. The summed E-state index contributed by atoms with van der Waals surface area (Å²) in [4.78, 5) is 14.6. The van der Waals surface area contributed by atoms with Crippen molar-refractivity contribution in [3.05, 3.63) is 22.2 Å². The fourth-order valence-electron chi connectivity index (χ4n) is 5.42. The average Bonchev–Trinajstić information content (AvgIpc) is 3.36. The molecule has 0 spiro atoms. The van der Waals surface area contributed by atoms with E-state index in [9.17, 15) is 4.79 Å². The van der Waals surface area contributed by atoms with Gasteiger partial charge >= 0.3 is 6.03 Å². The highest BCUT2D eigenvalue weighted by molar-refractivity contribution is 6.34. The molecular formula is C20H29Cl2N3O. The predicted octanol–water partition coefficient (Wildman–Crippen LogP) is 4.20. The normalized spacial score (nSPS) is 37.3. The largest absolute Gasteiger partial charge is 0.335 e. The molecule has 4 atom stereocenters. The predicted molar refractivity (Wildman–Crippen MR) is 106 cm³/mol. The Bertz CT molecular complexity index is 629. The molecule has 2 N–H and O–H groups in total. The van der Waals surface area contributed by atoms with Crippen LogP contribution in [0.3, 0.4) is 0 Å². The Hall–Kier alpha value is -0.710. The fourth-order valence-corrected chi connectivity index (χ4v) is 6.05. The van der Waals surface area contributed by atoms with E-state index in [1.54, 1.807) is 0 Å². The van der Waals surface area contributed by atoms with E-state index >= 15 is 0 Å². The number of allylic oxidation sites excluding steroid dienone is 4. The van der Waals surface area contributed by atoms with Gasteiger partial charge in [0.25, 0.3) is 0 Å². The van der Waals surface area contributed by atoms with Crippen LogP contribution in [0.5, 0.6) is 0 Å². The highest BCUT2D eigenvalue weighted by atomic mass is 35.5. The number of urea groups is 1. The molecule has 1 heterocycles. The van der Waals surface area contributed by atoms with Gasteiger partial charge in [-0.3, -0.25) is 0 Å². The smallest absolute Gasteiger partial charge is 0.317 e. The summed E-state index contributed by atoms with van der Waals surface area (Å²) < 4.78 is 0. The van der Waals surface area contributed by atoms with Crippen LogP contribution in [0, 0.1) is 17.3 Å². The number of carbonyl (C=O) groups is 1. The molecule has 0 aromatic carbocycles. The SMILES string of the molecule is CN(C(=O)N[C@H]1CC[C@@]2(C3C=C(Cl)C=C(Cl)C3)CC2C1)C1CCNCC1. The number of carbonyl (C=O) groups excluding carboxylic acids is 1. The first-order valence-corrected chi connectivity index (χ1v) is 10.7. The van der Waals surface area contributed by atoms with Crippen molar-refractivity contribution in [3.8, 4) is 0 Å². The summed E-state index contributed by atoms with van der Waals surface area (Å²) in [6.45, 7) is 2.01. The molecular weight excluding hydrogens is 369 g/mol. The van der Waals surface area contributed by atoms with Crippen molar-refractivity contribution in [1.82, 2.24) is 15.5 Å². The maximum absolute atomic E-state index is 12.6. The molecule has 2 saturated carbocycles. The van der Waals surface area contributed by atoms with Gasteiger partial charge in [0.15, 0.2) is 0 Å². The van der Waals surface area contributed by atoms with Crippen LogP contribution in [-0.2, 0) is 0 Å². The molecule has 4 aliphatic rings. The molecule has 2 unspecified atom stereocenters. The van der Waals surface area contributed by atoms with Gasteiger partial charge in [0.05, 0.1) is 0 Å². The van der Waals surface area contributed by atoms with Crippen LogP contribution in [-0.4, -0.2) is 43.2 Å². The van der Waals surface area contributed by atoms with E-state index in [-0.39, 0.29) is 6.03 Å². The van der Waals surface area contributed by atoms with Crippen molar-refractivity contribution in [2.75, 3.05) is 20.1 Å². The molecule has 144 valence electrons. The van der Waals surface area contributed by atoms with Crippen molar-refractivity contribution >= 4 is 29.2 Å². The van der Waals surface area contributed by atoms with Gasteiger partial charge in [-0.1, -0.05) is 29.3 Å². The van der Waals surface area contributed by atoms with E-state index in [4.69, 9.17) is 23.2 Å². The summed E-state index contributed by atoms with van der Waals surface area (Å²) in [6, 6.07) is 0.770. The molecule has 1 saturated heterocycles. The summed E-state index contributed by atoms with van der Waals surface area (Å²) in [5.41, 5.74) is 0.372. The fraction of sp³-hybridized carbons (Fsp3) is 0.750. The molecule has 3 fully saturated rings. The van der Waals surface area contributed by atoms with Gasteiger partial charge in [0.2, 0.25) is 0 Å². The highest BCUT2D eigenvalue weighted by Crippen LogP contribution is 2.67. The molecule has 6 heteroatoms. The number of amides is 2. The van der Waals surface area contributed by atoms with E-state index < -0.39 is 0 Å². The second-order valence-electron chi connectivity index (χ2n) is 8.60. The maximum Gasteiger partial charge on any atom is 0.317 e. The van der Waals surface area contributed by atoms with Crippen LogP contribution < -0.4 is 10.6 Å². The number of nitrogens with one attached hydrogen (secondary N) is 2.